The Hall–Kier alpha value is -3.27. The molecule has 3 rings (SSSR count). The lowest BCUT2D eigenvalue weighted by atomic mass is 10.2. The molecule has 3 N–H and O–H groups in total. The SMILES string of the molecule is CCCCn1c(N)c(N(CC(C)C)C(=O)c2cnc(-c3ccccc3F)s2)c(=O)[nH]c1=O. The van der Waals surface area contributed by atoms with Gasteiger partial charge in [-0.3, -0.25) is 24.0 Å². The summed E-state index contributed by atoms with van der Waals surface area (Å²) in [6.07, 6.45) is 2.88. The molecule has 1 amide bonds. The number of nitrogens with two attached hydrogens (primary N) is 1. The zero-order chi connectivity index (χ0) is 23.4. The summed E-state index contributed by atoms with van der Waals surface area (Å²) < 4.78 is 15.4. The molecule has 0 saturated heterocycles. The molecule has 0 aliphatic heterocycles. The molecule has 0 atom stereocenters. The minimum atomic E-state index is -0.729. The van der Waals surface area contributed by atoms with Gasteiger partial charge in [-0.2, -0.15) is 0 Å². The number of carbonyl (C=O) groups is 1. The second-order valence-corrected chi connectivity index (χ2v) is 8.85. The summed E-state index contributed by atoms with van der Waals surface area (Å²) in [5.74, 6) is -0.979. The van der Waals surface area contributed by atoms with E-state index in [1.807, 2.05) is 20.8 Å². The van der Waals surface area contributed by atoms with Crippen LogP contribution in [0.2, 0.25) is 0 Å². The van der Waals surface area contributed by atoms with Crippen LogP contribution in [0, 0.1) is 11.7 Å². The molecule has 10 heteroatoms. The highest BCUT2D eigenvalue weighted by molar-refractivity contribution is 7.17. The fraction of sp³-hybridized carbons (Fsp3) is 0.364. The predicted octanol–water partition coefficient (Wildman–Crippen LogP) is 3.48. The van der Waals surface area contributed by atoms with Crippen molar-refractivity contribution in [2.24, 2.45) is 5.92 Å². The lowest BCUT2D eigenvalue weighted by Crippen LogP contribution is -2.42. The highest BCUT2D eigenvalue weighted by Gasteiger charge is 2.27. The van der Waals surface area contributed by atoms with Crippen molar-refractivity contribution in [3.8, 4) is 10.6 Å². The van der Waals surface area contributed by atoms with E-state index in [0.717, 1.165) is 17.8 Å². The maximum atomic E-state index is 14.1. The predicted molar refractivity (Wildman–Crippen MR) is 125 cm³/mol. The van der Waals surface area contributed by atoms with Crippen LogP contribution < -0.4 is 21.9 Å². The van der Waals surface area contributed by atoms with E-state index in [-0.39, 0.29) is 34.4 Å². The first kappa shape index (κ1) is 23.4. The molecular weight excluding hydrogens is 433 g/mol. The molecule has 2 aromatic heterocycles. The van der Waals surface area contributed by atoms with Crippen LogP contribution in [0.25, 0.3) is 10.6 Å². The van der Waals surface area contributed by atoms with Gasteiger partial charge in [0.15, 0.2) is 5.69 Å². The number of H-pyrrole nitrogens is 1. The number of aromatic amines is 1. The zero-order valence-corrected chi connectivity index (χ0v) is 19.0. The number of amides is 1. The third-order valence-corrected chi connectivity index (χ3v) is 5.85. The van der Waals surface area contributed by atoms with Crippen LogP contribution in [0.5, 0.6) is 0 Å². The van der Waals surface area contributed by atoms with Gasteiger partial charge in [0.05, 0.1) is 6.20 Å². The van der Waals surface area contributed by atoms with E-state index in [0.29, 0.717) is 18.0 Å². The summed E-state index contributed by atoms with van der Waals surface area (Å²) in [6, 6.07) is 6.17. The number of nitrogens with zero attached hydrogens (tertiary/aromatic N) is 3. The number of carbonyl (C=O) groups excluding carboxylic acids is 1. The number of nitrogen functional groups attached to an aromatic ring is 1. The number of rotatable bonds is 8. The maximum absolute atomic E-state index is 14.1. The largest absolute Gasteiger partial charge is 0.383 e. The molecule has 1 aromatic carbocycles. The minimum absolute atomic E-state index is 0.00716. The van der Waals surface area contributed by atoms with Gasteiger partial charge < -0.3 is 5.73 Å². The van der Waals surface area contributed by atoms with E-state index >= 15 is 0 Å². The smallest absolute Gasteiger partial charge is 0.330 e. The number of anilines is 2. The Morgan fingerprint density at radius 1 is 1.31 bits per heavy atom. The second-order valence-electron chi connectivity index (χ2n) is 7.82. The number of nitrogens with one attached hydrogen (secondary N) is 1. The molecule has 0 radical (unpaired) electrons. The van der Waals surface area contributed by atoms with Crippen LogP contribution in [0.3, 0.4) is 0 Å². The zero-order valence-electron chi connectivity index (χ0n) is 18.2. The normalized spacial score (nSPS) is 11.2. The number of halogens is 1. The number of hydrogen-bond donors (Lipinski definition) is 2. The van der Waals surface area contributed by atoms with Gasteiger partial charge >= 0.3 is 5.69 Å². The molecule has 3 aromatic rings. The minimum Gasteiger partial charge on any atom is -0.383 e. The van der Waals surface area contributed by atoms with Crippen molar-refractivity contribution in [1.82, 2.24) is 14.5 Å². The maximum Gasteiger partial charge on any atom is 0.330 e. The molecular formula is C22H26FN5O3S. The van der Waals surface area contributed by atoms with E-state index in [2.05, 4.69) is 9.97 Å². The number of aromatic nitrogens is 3. The fourth-order valence-electron chi connectivity index (χ4n) is 3.28. The average Bonchev–Trinajstić information content (AvgIpc) is 3.22. The second kappa shape index (κ2) is 9.90. The topological polar surface area (TPSA) is 114 Å². The standard InChI is InChI=1S/C22H26FN5O3S/c1-4-5-10-27-18(24)17(19(29)26-22(27)31)28(12-13(2)3)21(30)16-11-25-20(32-16)14-8-6-7-9-15(14)23/h6-9,11,13H,4-5,10,12,24H2,1-3H3,(H,26,29,31). The van der Waals surface area contributed by atoms with Crippen molar-refractivity contribution in [3.63, 3.8) is 0 Å². The van der Waals surface area contributed by atoms with Crippen LogP contribution in [-0.4, -0.2) is 27.0 Å². The van der Waals surface area contributed by atoms with Gasteiger partial charge in [0, 0.05) is 18.7 Å². The lowest BCUT2D eigenvalue weighted by Gasteiger charge is -2.25. The molecule has 32 heavy (non-hydrogen) atoms. The van der Waals surface area contributed by atoms with Gasteiger partial charge in [0.2, 0.25) is 0 Å². The molecule has 170 valence electrons. The van der Waals surface area contributed by atoms with E-state index in [9.17, 15) is 18.8 Å². The first-order valence-corrected chi connectivity index (χ1v) is 11.2. The van der Waals surface area contributed by atoms with Crippen molar-refractivity contribution in [1.29, 1.82) is 0 Å². The van der Waals surface area contributed by atoms with Crippen LogP contribution >= 0.6 is 11.3 Å². The summed E-state index contributed by atoms with van der Waals surface area (Å²) in [7, 11) is 0. The van der Waals surface area contributed by atoms with E-state index < -0.39 is 23.0 Å². The van der Waals surface area contributed by atoms with Gasteiger partial charge in [-0.25, -0.2) is 14.2 Å². The Morgan fingerprint density at radius 3 is 2.69 bits per heavy atom. The molecule has 0 bridgehead atoms. The first-order valence-electron chi connectivity index (χ1n) is 10.4. The number of benzene rings is 1. The molecule has 0 aliphatic carbocycles. The van der Waals surface area contributed by atoms with Crippen LogP contribution in [-0.2, 0) is 6.54 Å². The van der Waals surface area contributed by atoms with Crippen molar-refractivity contribution >= 4 is 28.7 Å². The molecule has 0 aliphatic rings. The summed E-state index contributed by atoms with van der Waals surface area (Å²) in [4.78, 5) is 46.4. The molecule has 0 spiro atoms. The van der Waals surface area contributed by atoms with Crippen molar-refractivity contribution in [2.45, 2.75) is 40.2 Å². The highest BCUT2D eigenvalue weighted by atomic mass is 32.1. The average molecular weight is 460 g/mol. The Kier molecular flexibility index (Phi) is 7.24. The van der Waals surface area contributed by atoms with Crippen molar-refractivity contribution < 1.29 is 9.18 Å². The van der Waals surface area contributed by atoms with E-state index in [4.69, 9.17) is 5.73 Å². The highest BCUT2D eigenvalue weighted by Crippen LogP contribution is 2.29. The molecule has 2 heterocycles. The van der Waals surface area contributed by atoms with Gasteiger partial charge in [-0.15, -0.1) is 11.3 Å². The number of hydrogen-bond acceptors (Lipinski definition) is 6. The van der Waals surface area contributed by atoms with Gasteiger partial charge in [-0.1, -0.05) is 39.3 Å². The van der Waals surface area contributed by atoms with Gasteiger partial charge in [0.1, 0.15) is 21.5 Å². The monoisotopic (exact) mass is 459 g/mol. The first-order chi connectivity index (χ1) is 15.2. The van der Waals surface area contributed by atoms with Crippen LogP contribution in [0.1, 0.15) is 43.3 Å². The van der Waals surface area contributed by atoms with Gasteiger partial charge in [0.25, 0.3) is 11.5 Å². The van der Waals surface area contributed by atoms with Crippen LogP contribution in [0.4, 0.5) is 15.9 Å². The Bertz CT molecular complexity index is 1230. The third-order valence-electron chi connectivity index (χ3n) is 4.83. The molecule has 0 unspecified atom stereocenters. The number of unbranched alkanes of at least 4 members (excludes halogenated alkanes) is 1. The summed E-state index contributed by atoms with van der Waals surface area (Å²) in [5, 5.41) is 0.353. The Morgan fingerprint density at radius 2 is 2.03 bits per heavy atom. The quantitative estimate of drug-likeness (QED) is 0.535. The molecule has 0 fully saturated rings. The summed E-state index contributed by atoms with van der Waals surface area (Å²) >= 11 is 1.03. The lowest BCUT2D eigenvalue weighted by molar-refractivity contribution is 0.0987. The van der Waals surface area contributed by atoms with E-state index in [1.54, 1.807) is 18.2 Å². The molecule has 0 saturated carbocycles. The van der Waals surface area contributed by atoms with Crippen LogP contribution in [0.15, 0.2) is 40.1 Å². The third kappa shape index (κ3) is 4.80. The van der Waals surface area contributed by atoms with Crippen molar-refractivity contribution in [2.75, 3.05) is 17.2 Å². The van der Waals surface area contributed by atoms with E-state index in [1.165, 1.54) is 21.7 Å². The molecule has 8 nitrogen and oxygen atoms in total. The Balaban J connectivity index is 2.07. The summed E-state index contributed by atoms with van der Waals surface area (Å²) in [5.41, 5.74) is 5.10. The van der Waals surface area contributed by atoms with Gasteiger partial charge in [-0.05, 0) is 24.5 Å². The number of thiazole rings is 1. The van der Waals surface area contributed by atoms with Crippen molar-refractivity contribution in [3.05, 3.63) is 62.0 Å². The summed E-state index contributed by atoms with van der Waals surface area (Å²) in [6.45, 7) is 6.29. The fourth-order valence-corrected chi connectivity index (χ4v) is 4.17. The Labute approximate surface area is 188 Å².